The van der Waals surface area contributed by atoms with Gasteiger partial charge in [0.25, 0.3) is 0 Å². The first-order valence-corrected chi connectivity index (χ1v) is 5.70. The van der Waals surface area contributed by atoms with Crippen molar-refractivity contribution >= 4 is 17.4 Å². The molecule has 1 aromatic carbocycles. The topological polar surface area (TPSA) is 72.3 Å². The van der Waals surface area contributed by atoms with Gasteiger partial charge in [0.1, 0.15) is 0 Å². The summed E-state index contributed by atoms with van der Waals surface area (Å²) in [5, 5.41) is 9.38. The summed E-state index contributed by atoms with van der Waals surface area (Å²) in [4.78, 5) is 1.05. The number of anilines is 1. The molecule has 0 amide bonds. The van der Waals surface area contributed by atoms with E-state index in [1.165, 1.54) is 0 Å². The van der Waals surface area contributed by atoms with Gasteiger partial charge >= 0.3 is 0 Å². The van der Waals surface area contributed by atoms with E-state index in [1.807, 2.05) is 24.5 Å². The zero-order valence-electron chi connectivity index (χ0n) is 8.23. The van der Waals surface area contributed by atoms with Crippen LogP contribution < -0.4 is 11.5 Å². The molecule has 0 aromatic heterocycles. The molecule has 0 radical (unpaired) electrons. The Morgan fingerprint density at radius 2 is 2.21 bits per heavy atom. The van der Waals surface area contributed by atoms with Crippen molar-refractivity contribution in [2.45, 2.75) is 17.4 Å². The Kier molecular flexibility index (Phi) is 4.25. The summed E-state index contributed by atoms with van der Waals surface area (Å²) < 4.78 is 0. The van der Waals surface area contributed by atoms with E-state index < -0.39 is 6.10 Å². The molecule has 0 aliphatic heterocycles. The van der Waals surface area contributed by atoms with Gasteiger partial charge in [0.15, 0.2) is 0 Å². The van der Waals surface area contributed by atoms with Gasteiger partial charge in [0, 0.05) is 17.1 Å². The molecule has 0 heterocycles. The molecule has 1 unspecified atom stereocenters. The summed E-state index contributed by atoms with van der Waals surface area (Å²) >= 11 is 1.61. The van der Waals surface area contributed by atoms with Gasteiger partial charge in [-0.25, -0.2) is 0 Å². The van der Waals surface area contributed by atoms with Crippen molar-refractivity contribution in [2.75, 3.05) is 18.5 Å². The fraction of sp³-hybridized carbons (Fsp3) is 0.400. The zero-order valence-corrected chi connectivity index (χ0v) is 9.05. The van der Waals surface area contributed by atoms with Crippen LogP contribution in [0.15, 0.2) is 23.1 Å². The predicted molar refractivity (Wildman–Crippen MR) is 61.4 cm³/mol. The largest absolute Gasteiger partial charge is 0.398 e. The smallest absolute Gasteiger partial charge is 0.0702 e. The third-order valence-electron chi connectivity index (χ3n) is 2.04. The standard InChI is InChI=1S/C10H16N2OS/c1-14-10-5-7(2-3-9(10)12)4-8(13)6-11/h2-3,5,8,13H,4,6,11-12H2,1H3. The van der Waals surface area contributed by atoms with Crippen molar-refractivity contribution in [1.82, 2.24) is 0 Å². The molecule has 5 N–H and O–H groups in total. The second-order valence-electron chi connectivity index (χ2n) is 3.17. The van der Waals surface area contributed by atoms with Crippen LogP contribution in [0.25, 0.3) is 0 Å². The van der Waals surface area contributed by atoms with E-state index in [1.54, 1.807) is 11.8 Å². The Balaban J connectivity index is 2.79. The molecule has 0 fully saturated rings. The van der Waals surface area contributed by atoms with Gasteiger partial charge in [-0.15, -0.1) is 11.8 Å². The van der Waals surface area contributed by atoms with Gasteiger partial charge in [-0.05, 0) is 30.4 Å². The predicted octanol–water partition coefficient (Wildman–Crippen LogP) is 0.853. The van der Waals surface area contributed by atoms with Crippen LogP contribution in [0.3, 0.4) is 0 Å². The first kappa shape index (κ1) is 11.4. The van der Waals surface area contributed by atoms with Crippen LogP contribution in [-0.2, 0) is 6.42 Å². The summed E-state index contributed by atoms with van der Waals surface area (Å²) in [6.07, 6.45) is 2.10. The molecule has 3 nitrogen and oxygen atoms in total. The quantitative estimate of drug-likeness (QED) is 0.511. The average molecular weight is 212 g/mol. The molecular weight excluding hydrogens is 196 g/mol. The Morgan fingerprint density at radius 3 is 2.79 bits per heavy atom. The van der Waals surface area contributed by atoms with E-state index >= 15 is 0 Å². The zero-order chi connectivity index (χ0) is 10.6. The highest BCUT2D eigenvalue weighted by Crippen LogP contribution is 2.24. The summed E-state index contributed by atoms with van der Waals surface area (Å²) in [5.41, 5.74) is 12.9. The Morgan fingerprint density at radius 1 is 1.50 bits per heavy atom. The number of hydrogen-bond donors (Lipinski definition) is 3. The summed E-state index contributed by atoms with van der Waals surface area (Å²) in [7, 11) is 0. The first-order chi connectivity index (χ1) is 6.67. The van der Waals surface area contributed by atoms with Gasteiger partial charge in [0.05, 0.1) is 6.10 Å². The van der Waals surface area contributed by atoms with E-state index in [9.17, 15) is 5.11 Å². The molecule has 0 saturated carbocycles. The number of nitrogen functional groups attached to an aromatic ring is 1. The minimum atomic E-state index is -0.465. The van der Waals surface area contributed by atoms with E-state index in [-0.39, 0.29) is 0 Å². The Labute approximate surface area is 88.5 Å². The van der Waals surface area contributed by atoms with Crippen molar-refractivity contribution in [3.63, 3.8) is 0 Å². The van der Waals surface area contributed by atoms with Crippen LogP contribution in [0.1, 0.15) is 5.56 Å². The molecule has 1 atom stereocenters. The lowest BCUT2D eigenvalue weighted by molar-refractivity contribution is 0.183. The second-order valence-corrected chi connectivity index (χ2v) is 4.02. The number of benzene rings is 1. The number of hydrogen-bond acceptors (Lipinski definition) is 4. The number of nitrogens with two attached hydrogens (primary N) is 2. The molecule has 0 bridgehead atoms. The average Bonchev–Trinajstić information content (AvgIpc) is 2.20. The molecular formula is C10H16N2OS. The van der Waals surface area contributed by atoms with E-state index in [4.69, 9.17) is 11.5 Å². The monoisotopic (exact) mass is 212 g/mol. The number of rotatable bonds is 4. The SMILES string of the molecule is CSc1cc(CC(O)CN)ccc1N. The van der Waals surface area contributed by atoms with Gasteiger partial charge in [0.2, 0.25) is 0 Å². The maximum atomic E-state index is 9.38. The number of aliphatic hydroxyl groups excluding tert-OH is 1. The molecule has 0 saturated heterocycles. The lowest BCUT2D eigenvalue weighted by Gasteiger charge is -2.09. The fourth-order valence-corrected chi connectivity index (χ4v) is 1.81. The van der Waals surface area contributed by atoms with Gasteiger partial charge in [-0.2, -0.15) is 0 Å². The summed E-state index contributed by atoms with van der Waals surface area (Å²) in [6, 6.07) is 5.79. The Bertz CT molecular complexity index is 304. The maximum Gasteiger partial charge on any atom is 0.0702 e. The van der Waals surface area contributed by atoms with Crippen molar-refractivity contribution in [3.8, 4) is 0 Å². The minimum Gasteiger partial charge on any atom is -0.398 e. The molecule has 14 heavy (non-hydrogen) atoms. The fourth-order valence-electron chi connectivity index (χ4n) is 1.24. The van der Waals surface area contributed by atoms with Crippen molar-refractivity contribution in [2.24, 2.45) is 5.73 Å². The van der Waals surface area contributed by atoms with E-state index in [2.05, 4.69) is 0 Å². The highest BCUT2D eigenvalue weighted by atomic mass is 32.2. The van der Waals surface area contributed by atoms with E-state index in [0.717, 1.165) is 16.1 Å². The number of aliphatic hydroxyl groups is 1. The lowest BCUT2D eigenvalue weighted by atomic mass is 10.1. The molecule has 0 aliphatic carbocycles. The lowest BCUT2D eigenvalue weighted by Crippen LogP contribution is -2.21. The summed E-state index contributed by atoms with van der Waals surface area (Å²) in [5.74, 6) is 0. The van der Waals surface area contributed by atoms with E-state index in [0.29, 0.717) is 13.0 Å². The minimum absolute atomic E-state index is 0.291. The highest BCUT2D eigenvalue weighted by molar-refractivity contribution is 7.98. The van der Waals surface area contributed by atoms with Gasteiger partial charge < -0.3 is 16.6 Å². The maximum absolute atomic E-state index is 9.38. The van der Waals surface area contributed by atoms with Gasteiger partial charge in [-0.1, -0.05) is 6.07 Å². The van der Waals surface area contributed by atoms with Crippen LogP contribution in [0.4, 0.5) is 5.69 Å². The third kappa shape index (κ3) is 2.90. The van der Waals surface area contributed by atoms with Crippen LogP contribution in [0.2, 0.25) is 0 Å². The second kappa shape index (κ2) is 5.24. The van der Waals surface area contributed by atoms with Crippen LogP contribution in [-0.4, -0.2) is 24.0 Å². The molecule has 1 aromatic rings. The third-order valence-corrected chi connectivity index (χ3v) is 2.83. The highest BCUT2D eigenvalue weighted by Gasteiger charge is 2.05. The van der Waals surface area contributed by atoms with Crippen LogP contribution >= 0.6 is 11.8 Å². The van der Waals surface area contributed by atoms with Crippen LogP contribution in [0, 0.1) is 0 Å². The first-order valence-electron chi connectivity index (χ1n) is 4.48. The molecule has 0 spiro atoms. The Hall–Kier alpha value is -0.710. The molecule has 78 valence electrons. The normalized spacial score (nSPS) is 12.8. The molecule has 0 aliphatic rings. The summed E-state index contributed by atoms with van der Waals surface area (Å²) in [6.45, 7) is 0.291. The van der Waals surface area contributed by atoms with Crippen LogP contribution in [0.5, 0.6) is 0 Å². The molecule has 4 heteroatoms. The van der Waals surface area contributed by atoms with Crippen molar-refractivity contribution in [1.29, 1.82) is 0 Å². The van der Waals surface area contributed by atoms with Crippen molar-refractivity contribution in [3.05, 3.63) is 23.8 Å². The molecule has 1 rings (SSSR count). The number of thioether (sulfide) groups is 1. The van der Waals surface area contributed by atoms with Crippen molar-refractivity contribution < 1.29 is 5.11 Å². The van der Waals surface area contributed by atoms with Gasteiger partial charge in [-0.3, -0.25) is 0 Å².